The normalized spacial score (nSPS) is 13.4. The first kappa shape index (κ1) is 9.26. The van der Waals surface area contributed by atoms with Crippen LogP contribution in [0.3, 0.4) is 0 Å². The standard InChI is InChI=1S/C9H17N3/c1-6(5-10)12-9(4)7(2)8(3)11-12/h6H,5,10H2,1-4H3/p+1/t6-/m1/s1. The van der Waals surface area contributed by atoms with E-state index in [2.05, 4.69) is 43.2 Å². The molecule has 0 aliphatic carbocycles. The van der Waals surface area contributed by atoms with Crippen molar-refractivity contribution in [3.05, 3.63) is 17.0 Å². The van der Waals surface area contributed by atoms with Crippen molar-refractivity contribution in [2.75, 3.05) is 6.54 Å². The molecular formula is C9H18N3+. The van der Waals surface area contributed by atoms with Crippen molar-refractivity contribution in [3.8, 4) is 0 Å². The van der Waals surface area contributed by atoms with Crippen LogP contribution in [0.2, 0.25) is 0 Å². The zero-order valence-corrected chi connectivity index (χ0v) is 8.39. The van der Waals surface area contributed by atoms with Gasteiger partial charge in [0.15, 0.2) is 0 Å². The second kappa shape index (κ2) is 3.27. The SMILES string of the molecule is Cc1nn([C@H](C)C[NH3+])c(C)c1C. The molecule has 3 nitrogen and oxygen atoms in total. The zero-order valence-electron chi connectivity index (χ0n) is 8.39. The van der Waals surface area contributed by atoms with E-state index in [1.807, 2.05) is 0 Å². The lowest BCUT2D eigenvalue weighted by atomic mass is 10.2. The number of hydrogen-bond donors (Lipinski definition) is 1. The molecule has 0 spiro atoms. The topological polar surface area (TPSA) is 45.5 Å². The van der Waals surface area contributed by atoms with E-state index in [0.29, 0.717) is 6.04 Å². The molecule has 3 N–H and O–H groups in total. The molecule has 0 aliphatic rings. The molecule has 0 unspecified atom stereocenters. The maximum absolute atomic E-state index is 4.46. The predicted octanol–water partition coefficient (Wildman–Crippen LogP) is 0.611. The van der Waals surface area contributed by atoms with Crippen molar-refractivity contribution in [3.63, 3.8) is 0 Å². The number of quaternary nitrogens is 1. The summed E-state index contributed by atoms with van der Waals surface area (Å²) < 4.78 is 2.07. The Hall–Kier alpha value is -0.830. The monoisotopic (exact) mass is 168 g/mol. The van der Waals surface area contributed by atoms with Crippen LogP contribution in [-0.2, 0) is 0 Å². The fourth-order valence-electron chi connectivity index (χ4n) is 1.30. The summed E-state index contributed by atoms with van der Waals surface area (Å²) in [6.07, 6.45) is 0. The van der Waals surface area contributed by atoms with Gasteiger partial charge in [0.2, 0.25) is 0 Å². The summed E-state index contributed by atoms with van der Waals surface area (Å²) in [7, 11) is 0. The largest absolute Gasteiger partial charge is 0.356 e. The summed E-state index contributed by atoms with van der Waals surface area (Å²) in [5.41, 5.74) is 7.58. The highest BCUT2D eigenvalue weighted by Crippen LogP contribution is 2.14. The molecule has 0 fully saturated rings. The highest BCUT2D eigenvalue weighted by molar-refractivity contribution is 5.22. The molecule has 0 bridgehead atoms. The minimum absolute atomic E-state index is 0.414. The van der Waals surface area contributed by atoms with Crippen molar-refractivity contribution in [2.24, 2.45) is 0 Å². The third kappa shape index (κ3) is 1.37. The molecule has 0 radical (unpaired) electrons. The molecule has 0 saturated heterocycles. The number of rotatable bonds is 2. The second-order valence-corrected chi connectivity index (χ2v) is 3.38. The van der Waals surface area contributed by atoms with Gasteiger partial charge in [0, 0.05) is 5.69 Å². The van der Waals surface area contributed by atoms with Crippen LogP contribution >= 0.6 is 0 Å². The Morgan fingerprint density at radius 2 is 2.00 bits per heavy atom. The first-order chi connectivity index (χ1) is 5.57. The Morgan fingerprint density at radius 1 is 1.42 bits per heavy atom. The Bertz CT molecular complexity index is 276. The molecule has 0 aromatic carbocycles. The van der Waals surface area contributed by atoms with E-state index in [9.17, 15) is 0 Å². The van der Waals surface area contributed by atoms with Gasteiger partial charge >= 0.3 is 0 Å². The quantitative estimate of drug-likeness (QED) is 0.691. The smallest absolute Gasteiger partial charge is 0.0981 e. The predicted molar refractivity (Wildman–Crippen MR) is 48.9 cm³/mol. The summed E-state index contributed by atoms with van der Waals surface area (Å²) in [5.74, 6) is 0. The molecule has 0 aliphatic heterocycles. The number of hydrogen-bond acceptors (Lipinski definition) is 1. The lowest BCUT2D eigenvalue weighted by molar-refractivity contribution is -0.376. The summed E-state index contributed by atoms with van der Waals surface area (Å²) >= 11 is 0. The van der Waals surface area contributed by atoms with Gasteiger partial charge in [0.25, 0.3) is 0 Å². The zero-order chi connectivity index (χ0) is 9.30. The lowest BCUT2D eigenvalue weighted by Crippen LogP contribution is -2.53. The van der Waals surface area contributed by atoms with Gasteiger partial charge in [0.05, 0.1) is 18.3 Å². The summed E-state index contributed by atoms with van der Waals surface area (Å²) in [4.78, 5) is 0. The summed E-state index contributed by atoms with van der Waals surface area (Å²) in [6, 6.07) is 0.414. The van der Waals surface area contributed by atoms with Gasteiger partial charge in [-0.05, 0) is 33.3 Å². The van der Waals surface area contributed by atoms with Crippen molar-refractivity contribution in [2.45, 2.75) is 33.7 Å². The van der Waals surface area contributed by atoms with Crippen LogP contribution < -0.4 is 5.73 Å². The molecule has 1 aromatic rings. The Balaban J connectivity index is 3.08. The average Bonchev–Trinajstić information content (AvgIpc) is 2.32. The highest BCUT2D eigenvalue weighted by atomic mass is 15.3. The van der Waals surface area contributed by atoms with Crippen LogP contribution in [0, 0.1) is 20.8 Å². The second-order valence-electron chi connectivity index (χ2n) is 3.38. The van der Waals surface area contributed by atoms with Crippen molar-refractivity contribution < 1.29 is 5.73 Å². The van der Waals surface area contributed by atoms with E-state index in [1.165, 1.54) is 11.3 Å². The third-order valence-corrected chi connectivity index (χ3v) is 2.52. The van der Waals surface area contributed by atoms with Crippen LogP contribution in [0.4, 0.5) is 0 Å². The van der Waals surface area contributed by atoms with E-state index in [0.717, 1.165) is 12.2 Å². The minimum Gasteiger partial charge on any atom is -0.356 e. The summed E-state index contributed by atoms with van der Waals surface area (Å²) in [5, 5.41) is 4.46. The number of aromatic nitrogens is 2. The van der Waals surface area contributed by atoms with E-state index >= 15 is 0 Å². The Kier molecular flexibility index (Phi) is 2.52. The first-order valence-corrected chi connectivity index (χ1v) is 4.39. The van der Waals surface area contributed by atoms with E-state index < -0.39 is 0 Å². The van der Waals surface area contributed by atoms with E-state index in [1.54, 1.807) is 0 Å². The molecule has 1 aromatic heterocycles. The molecule has 12 heavy (non-hydrogen) atoms. The molecule has 68 valence electrons. The van der Waals surface area contributed by atoms with Gasteiger partial charge in [-0.3, -0.25) is 4.68 Å². The van der Waals surface area contributed by atoms with Gasteiger partial charge in [-0.25, -0.2) is 0 Å². The van der Waals surface area contributed by atoms with E-state index in [4.69, 9.17) is 0 Å². The maximum Gasteiger partial charge on any atom is 0.0981 e. The number of nitrogens with zero attached hydrogens (tertiary/aromatic N) is 2. The Morgan fingerprint density at radius 3 is 2.33 bits per heavy atom. The molecule has 0 saturated carbocycles. The maximum atomic E-state index is 4.46. The van der Waals surface area contributed by atoms with Gasteiger partial charge in [-0.1, -0.05) is 0 Å². The first-order valence-electron chi connectivity index (χ1n) is 4.39. The third-order valence-electron chi connectivity index (χ3n) is 2.52. The summed E-state index contributed by atoms with van der Waals surface area (Å²) in [6.45, 7) is 9.31. The molecule has 1 heterocycles. The fraction of sp³-hybridized carbons (Fsp3) is 0.667. The van der Waals surface area contributed by atoms with E-state index in [-0.39, 0.29) is 0 Å². The lowest BCUT2D eigenvalue weighted by Gasteiger charge is -2.09. The molecule has 0 amide bonds. The molecule has 3 heteroatoms. The van der Waals surface area contributed by atoms with Gasteiger partial charge in [-0.2, -0.15) is 5.10 Å². The van der Waals surface area contributed by atoms with Crippen LogP contribution in [-0.4, -0.2) is 16.3 Å². The van der Waals surface area contributed by atoms with Crippen molar-refractivity contribution >= 4 is 0 Å². The van der Waals surface area contributed by atoms with Crippen LogP contribution in [0.1, 0.15) is 29.9 Å². The average molecular weight is 168 g/mol. The minimum atomic E-state index is 0.414. The van der Waals surface area contributed by atoms with Gasteiger partial charge in [0.1, 0.15) is 0 Å². The van der Waals surface area contributed by atoms with Crippen LogP contribution in [0.25, 0.3) is 0 Å². The van der Waals surface area contributed by atoms with Gasteiger partial charge < -0.3 is 5.73 Å². The fourth-order valence-corrected chi connectivity index (χ4v) is 1.30. The van der Waals surface area contributed by atoms with Crippen molar-refractivity contribution in [1.82, 2.24) is 9.78 Å². The van der Waals surface area contributed by atoms with Crippen LogP contribution in [0.5, 0.6) is 0 Å². The molecular weight excluding hydrogens is 150 g/mol. The van der Waals surface area contributed by atoms with Crippen molar-refractivity contribution in [1.29, 1.82) is 0 Å². The van der Waals surface area contributed by atoms with Gasteiger partial charge in [-0.15, -0.1) is 0 Å². The number of aryl methyl sites for hydroxylation is 1. The Labute approximate surface area is 73.6 Å². The molecule has 1 rings (SSSR count). The highest BCUT2D eigenvalue weighted by Gasteiger charge is 2.12. The molecule has 1 atom stereocenters. The van der Waals surface area contributed by atoms with Crippen LogP contribution in [0.15, 0.2) is 0 Å².